The van der Waals surface area contributed by atoms with Crippen LogP contribution in [0.25, 0.3) is 0 Å². The van der Waals surface area contributed by atoms with Gasteiger partial charge in [-0.25, -0.2) is 4.39 Å². The van der Waals surface area contributed by atoms with Gasteiger partial charge in [-0.1, -0.05) is 11.6 Å². The summed E-state index contributed by atoms with van der Waals surface area (Å²) in [6.45, 7) is 0. The second-order valence-electron chi connectivity index (χ2n) is 3.87. The van der Waals surface area contributed by atoms with Crippen LogP contribution in [0.3, 0.4) is 0 Å². The largest absolute Gasteiger partial charge is 0.496 e. The lowest BCUT2D eigenvalue weighted by atomic mass is 10.0. The van der Waals surface area contributed by atoms with E-state index in [0.717, 1.165) is 14.8 Å². The van der Waals surface area contributed by atoms with Crippen molar-refractivity contribution in [1.82, 2.24) is 5.32 Å². The number of ether oxygens (including phenoxy) is 1. The van der Waals surface area contributed by atoms with E-state index in [4.69, 9.17) is 16.3 Å². The molecule has 2 aromatic rings. The molecule has 1 aromatic carbocycles. The van der Waals surface area contributed by atoms with Crippen molar-refractivity contribution in [2.75, 3.05) is 14.2 Å². The van der Waals surface area contributed by atoms with Gasteiger partial charge in [0.05, 0.1) is 22.0 Å². The predicted octanol–water partition coefficient (Wildman–Crippen LogP) is 4.62. The fraction of sp³-hybridized carbons (Fsp3) is 0.231. The van der Waals surface area contributed by atoms with Crippen molar-refractivity contribution in [3.63, 3.8) is 0 Å². The second-order valence-corrected chi connectivity index (χ2v) is 6.47. The second kappa shape index (κ2) is 6.22. The highest BCUT2D eigenvalue weighted by Gasteiger charge is 2.20. The van der Waals surface area contributed by atoms with E-state index in [1.807, 2.05) is 19.2 Å². The summed E-state index contributed by atoms with van der Waals surface area (Å²) in [5.74, 6) is 0.157. The van der Waals surface area contributed by atoms with Gasteiger partial charge in [0.2, 0.25) is 0 Å². The van der Waals surface area contributed by atoms with Crippen LogP contribution in [0, 0.1) is 5.82 Å². The van der Waals surface area contributed by atoms with Crippen LogP contribution >= 0.6 is 38.9 Å². The molecule has 102 valence electrons. The molecule has 0 aliphatic carbocycles. The van der Waals surface area contributed by atoms with E-state index in [1.54, 1.807) is 6.07 Å². The molecule has 1 unspecified atom stereocenters. The summed E-state index contributed by atoms with van der Waals surface area (Å²) in [4.78, 5) is 1.05. The van der Waals surface area contributed by atoms with Crippen LogP contribution in [0.4, 0.5) is 4.39 Å². The molecule has 19 heavy (non-hydrogen) atoms. The van der Waals surface area contributed by atoms with Crippen LogP contribution in [-0.2, 0) is 0 Å². The number of thiophene rings is 1. The molecule has 2 rings (SSSR count). The Morgan fingerprint density at radius 2 is 2.16 bits per heavy atom. The van der Waals surface area contributed by atoms with Gasteiger partial charge in [-0.2, -0.15) is 0 Å². The van der Waals surface area contributed by atoms with Gasteiger partial charge < -0.3 is 10.1 Å². The Morgan fingerprint density at radius 3 is 2.68 bits per heavy atom. The molecule has 0 spiro atoms. The summed E-state index contributed by atoms with van der Waals surface area (Å²) in [5, 5.41) is 3.20. The van der Waals surface area contributed by atoms with Gasteiger partial charge in [-0.3, -0.25) is 0 Å². The van der Waals surface area contributed by atoms with E-state index >= 15 is 0 Å². The zero-order valence-corrected chi connectivity index (χ0v) is 13.5. The van der Waals surface area contributed by atoms with Crippen LogP contribution in [0.1, 0.15) is 16.5 Å². The highest BCUT2D eigenvalue weighted by molar-refractivity contribution is 9.10. The number of methoxy groups -OCH3 is 1. The summed E-state index contributed by atoms with van der Waals surface area (Å²) in [6, 6.07) is 6.80. The lowest BCUT2D eigenvalue weighted by molar-refractivity contribution is 0.401. The number of nitrogens with one attached hydrogen (secondary N) is 1. The van der Waals surface area contributed by atoms with Crippen LogP contribution < -0.4 is 10.1 Å². The van der Waals surface area contributed by atoms with Crippen molar-refractivity contribution in [1.29, 1.82) is 0 Å². The van der Waals surface area contributed by atoms with Gasteiger partial charge in [0.25, 0.3) is 0 Å². The van der Waals surface area contributed by atoms with Crippen LogP contribution in [0.2, 0.25) is 4.34 Å². The minimum absolute atomic E-state index is 0.0932. The van der Waals surface area contributed by atoms with Gasteiger partial charge in [-0.15, -0.1) is 11.3 Å². The summed E-state index contributed by atoms with van der Waals surface area (Å²) < 4.78 is 19.9. The molecule has 0 aliphatic heterocycles. The predicted molar refractivity (Wildman–Crippen MR) is 80.9 cm³/mol. The molecule has 0 fully saturated rings. The first kappa shape index (κ1) is 14.8. The van der Waals surface area contributed by atoms with E-state index in [9.17, 15) is 4.39 Å². The Bertz CT molecular complexity index is 590. The van der Waals surface area contributed by atoms with E-state index in [1.165, 1.54) is 24.5 Å². The van der Waals surface area contributed by atoms with Crippen molar-refractivity contribution in [2.24, 2.45) is 0 Å². The molecule has 2 nitrogen and oxygen atoms in total. The zero-order chi connectivity index (χ0) is 14.0. The summed E-state index contributed by atoms with van der Waals surface area (Å²) in [5.41, 5.74) is 0.858. The van der Waals surface area contributed by atoms with Crippen LogP contribution in [0.5, 0.6) is 5.75 Å². The molecular formula is C13H12BrClFNOS. The first-order chi connectivity index (χ1) is 9.06. The molecule has 1 heterocycles. The minimum Gasteiger partial charge on any atom is -0.496 e. The lowest BCUT2D eigenvalue weighted by Gasteiger charge is -2.19. The van der Waals surface area contributed by atoms with E-state index in [0.29, 0.717) is 10.2 Å². The molecule has 1 N–H and O–H groups in total. The lowest BCUT2D eigenvalue weighted by Crippen LogP contribution is -2.17. The summed E-state index contributed by atoms with van der Waals surface area (Å²) >= 11 is 10.7. The Hall–Kier alpha value is -0.620. The SMILES string of the molecule is CNC(c1ccc(Cl)s1)c1cc(Br)c(F)cc1OC. The number of halogens is 3. The van der Waals surface area contributed by atoms with E-state index in [-0.39, 0.29) is 11.9 Å². The fourth-order valence-electron chi connectivity index (χ4n) is 1.88. The Labute approximate surface area is 128 Å². The molecule has 1 aromatic heterocycles. The van der Waals surface area contributed by atoms with Gasteiger partial charge in [0, 0.05) is 16.5 Å². The Morgan fingerprint density at radius 1 is 1.42 bits per heavy atom. The summed E-state index contributed by atoms with van der Waals surface area (Å²) in [6.07, 6.45) is 0. The fourth-order valence-corrected chi connectivity index (χ4v) is 3.43. The Balaban J connectivity index is 2.51. The number of hydrogen-bond donors (Lipinski definition) is 1. The van der Waals surface area contributed by atoms with Crippen molar-refractivity contribution in [2.45, 2.75) is 6.04 Å². The highest BCUT2D eigenvalue weighted by Crippen LogP contribution is 2.37. The maximum Gasteiger partial charge on any atom is 0.141 e. The van der Waals surface area contributed by atoms with Crippen LogP contribution in [0.15, 0.2) is 28.7 Å². The molecule has 0 aliphatic rings. The maximum atomic E-state index is 13.6. The smallest absolute Gasteiger partial charge is 0.141 e. The van der Waals surface area contributed by atoms with Crippen molar-refractivity contribution < 1.29 is 9.13 Å². The normalized spacial score (nSPS) is 12.5. The van der Waals surface area contributed by atoms with Crippen LogP contribution in [-0.4, -0.2) is 14.2 Å². The number of rotatable bonds is 4. The first-order valence-electron chi connectivity index (χ1n) is 5.52. The highest BCUT2D eigenvalue weighted by atomic mass is 79.9. The zero-order valence-electron chi connectivity index (χ0n) is 10.3. The molecule has 6 heteroatoms. The van der Waals surface area contributed by atoms with Gasteiger partial charge in [0.15, 0.2) is 0 Å². The molecule has 0 bridgehead atoms. The van der Waals surface area contributed by atoms with Crippen molar-refractivity contribution in [3.8, 4) is 5.75 Å². The topological polar surface area (TPSA) is 21.3 Å². The number of benzene rings is 1. The third kappa shape index (κ3) is 3.11. The standard InChI is InChI=1S/C13H12BrClFNOS/c1-17-13(11-3-4-12(15)19-11)7-5-8(14)9(16)6-10(7)18-2/h3-6,13,17H,1-2H3. The van der Waals surface area contributed by atoms with Crippen molar-refractivity contribution in [3.05, 3.63) is 49.3 Å². The summed E-state index contributed by atoms with van der Waals surface area (Å²) in [7, 11) is 3.37. The molecule has 0 radical (unpaired) electrons. The average Bonchev–Trinajstić information content (AvgIpc) is 2.81. The quantitative estimate of drug-likeness (QED) is 0.854. The molecule has 1 atom stereocenters. The minimum atomic E-state index is -0.348. The van der Waals surface area contributed by atoms with E-state index in [2.05, 4.69) is 21.2 Å². The van der Waals surface area contributed by atoms with Crippen molar-refractivity contribution >= 4 is 38.9 Å². The number of hydrogen-bond acceptors (Lipinski definition) is 3. The maximum absolute atomic E-state index is 13.6. The first-order valence-corrected chi connectivity index (χ1v) is 7.51. The molecule has 0 saturated heterocycles. The third-order valence-electron chi connectivity index (χ3n) is 2.75. The third-order valence-corrected chi connectivity index (χ3v) is 4.65. The van der Waals surface area contributed by atoms with Gasteiger partial charge in [-0.05, 0) is 41.2 Å². The Kier molecular flexibility index (Phi) is 4.84. The molecule has 0 saturated carbocycles. The monoisotopic (exact) mass is 363 g/mol. The average molecular weight is 365 g/mol. The van der Waals surface area contributed by atoms with E-state index < -0.39 is 0 Å². The molecular weight excluding hydrogens is 353 g/mol. The van der Waals surface area contributed by atoms with Gasteiger partial charge >= 0.3 is 0 Å². The van der Waals surface area contributed by atoms with Gasteiger partial charge in [0.1, 0.15) is 11.6 Å². The molecule has 0 amide bonds.